The van der Waals surface area contributed by atoms with E-state index in [0.717, 1.165) is 4.88 Å². The monoisotopic (exact) mass is 297 g/mol. The van der Waals surface area contributed by atoms with Gasteiger partial charge in [-0.3, -0.25) is 14.5 Å². The highest BCUT2D eigenvalue weighted by atomic mass is 32.1. The highest BCUT2D eigenvalue weighted by Gasteiger charge is 2.26. The van der Waals surface area contributed by atoms with Crippen molar-refractivity contribution in [1.29, 1.82) is 0 Å². The van der Waals surface area contributed by atoms with Gasteiger partial charge >= 0.3 is 0 Å². The lowest BCUT2D eigenvalue weighted by Crippen LogP contribution is -2.49. The number of hydrogen-bond acceptors (Lipinski definition) is 5. The highest BCUT2D eigenvalue weighted by molar-refractivity contribution is 7.12. The molecule has 0 aromatic carbocycles. The maximum Gasteiger partial charge on any atom is 0.264 e. The molecule has 1 aromatic heterocycles. The minimum atomic E-state index is -0.366. The number of amides is 2. The predicted molar refractivity (Wildman–Crippen MR) is 76.7 cm³/mol. The highest BCUT2D eigenvalue weighted by Crippen LogP contribution is 2.15. The molecule has 0 aliphatic carbocycles. The second-order valence-electron chi connectivity index (χ2n) is 4.88. The van der Waals surface area contributed by atoms with E-state index in [0.29, 0.717) is 26.2 Å². The molecule has 1 aliphatic rings. The number of morpholine rings is 1. The molecular formula is C13H19N3O3S. The van der Waals surface area contributed by atoms with Gasteiger partial charge in [0.2, 0.25) is 5.91 Å². The fourth-order valence-electron chi connectivity index (χ4n) is 2.25. The van der Waals surface area contributed by atoms with Crippen molar-refractivity contribution in [2.24, 2.45) is 5.73 Å². The summed E-state index contributed by atoms with van der Waals surface area (Å²) in [4.78, 5) is 27.5. The number of nitrogens with zero attached hydrogens (tertiary/aromatic N) is 2. The van der Waals surface area contributed by atoms with E-state index in [1.807, 2.05) is 29.5 Å². The van der Waals surface area contributed by atoms with Gasteiger partial charge in [0.25, 0.3) is 5.91 Å². The van der Waals surface area contributed by atoms with Gasteiger partial charge in [0.05, 0.1) is 24.1 Å². The molecule has 0 saturated carbocycles. The van der Waals surface area contributed by atoms with Crippen LogP contribution in [-0.4, -0.2) is 67.6 Å². The molecule has 20 heavy (non-hydrogen) atoms. The zero-order chi connectivity index (χ0) is 14.5. The van der Waals surface area contributed by atoms with E-state index in [2.05, 4.69) is 0 Å². The van der Waals surface area contributed by atoms with Crippen LogP contribution in [0.4, 0.5) is 0 Å². The van der Waals surface area contributed by atoms with Crippen molar-refractivity contribution in [2.75, 3.05) is 39.8 Å². The molecule has 2 N–H and O–H groups in total. The van der Waals surface area contributed by atoms with Crippen LogP contribution >= 0.6 is 11.3 Å². The Morgan fingerprint density at radius 1 is 1.60 bits per heavy atom. The Hall–Kier alpha value is -1.44. The molecule has 0 spiro atoms. The van der Waals surface area contributed by atoms with E-state index in [1.165, 1.54) is 11.3 Å². The van der Waals surface area contributed by atoms with Crippen LogP contribution in [0.2, 0.25) is 0 Å². The number of likely N-dealkylation sites (N-methyl/N-ethyl adjacent to an activating group) is 1. The lowest BCUT2D eigenvalue weighted by Gasteiger charge is -2.34. The zero-order valence-electron chi connectivity index (χ0n) is 11.4. The first-order valence-electron chi connectivity index (χ1n) is 6.47. The van der Waals surface area contributed by atoms with Crippen LogP contribution in [0.5, 0.6) is 0 Å². The van der Waals surface area contributed by atoms with Gasteiger partial charge in [-0.1, -0.05) is 6.07 Å². The van der Waals surface area contributed by atoms with Crippen LogP contribution in [0.3, 0.4) is 0 Å². The Bertz CT molecular complexity index is 463. The van der Waals surface area contributed by atoms with Gasteiger partial charge in [-0.25, -0.2) is 0 Å². The second kappa shape index (κ2) is 6.83. The van der Waals surface area contributed by atoms with E-state index in [9.17, 15) is 9.59 Å². The van der Waals surface area contributed by atoms with E-state index < -0.39 is 0 Å². The molecule has 1 atom stereocenters. The van der Waals surface area contributed by atoms with Gasteiger partial charge in [0, 0.05) is 19.6 Å². The number of nitrogens with two attached hydrogens (primary N) is 1. The fourth-order valence-corrected chi connectivity index (χ4v) is 2.94. The molecule has 110 valence electrons. The number of rotatable bonds is 5. The van der Waals surface area contributed by atoms with Gasteiger partial charge in [0.15, 0.2) is 0 Å². The third-order valence-corrected chi connectivity index (χ3v) is 3.96. The minimum Gasteiger partial charge on any atom is -0.373 e. The Morgan fingerprint density at radius 3 is 3.05 bits per heavy atom. The van der Waals surface area contributed by atoms with Crippen molar-refractivity contribution in [2.45, 2.75) is 6.10 Å². The summed E-state index contributed by atoms with van der Waals surface area (Å²) in [5, 5.41) is 1.89. The van der Waals surface area contributed by atoms with E-state index >= 15 is 0 Å². The van der Waals surface area contributed by atoms with Crippen LogP contribution in [0.1, 0.15) is 9.67 Å². The Kier molecular flexibility index (Phi) is 5.11. The number of thiophene rings is 1. The van der Waals surface area contributed by atoms with E-state index in [4.69, 9.17) is 10.5 Å². The average Bonchev–Trinajstić information content (AvgIpc) is 2.91. The maximum atomic E-state index is 12.3. The fraction of sp³-hybridized carbons (Fsp3) is 0.538. The summed E-state index contributed by atoms with van der Waals surface area (Å²) in [6.45, 7) is 2.44. The molecular weight excluding hydrogens is 278 g/mol. The number of primary amides is 1. The summed E-state index contributed by atoms with van der Waals surface area (Å²) in [7, 11) is 1.81. The topological polar surface area (TPSA) is 75.9 Å². The van der Waals surface area contributed by atoms with Crippen LogP contribution in [0.15, 0.2) is 17.5 Å². The summed E-state index contributed by atoms with van der Waals surface area (Å²) in [5.41, 5.74) is 5.15. The summed E-state index contributed by atoms with van der Waals surface area (Å²) >= 11 is 1.44. The van der Waals surface area contributed by atoms with Gasteiger partial charge < -0.3 is 15.4 Å². The predicted octanol–water partition coefficient (Wildman–Crippen LogP) is 0.00620. The normalized spacial score (nSPS) is 19.3. The zero-order valence-corrected chi connectivity index (χ0v) is 12.3. The molecule has 7 heteroatoms. The summed E-state index contributed by atoms with van der Waals surface area (Å²) in [5.74, 6) is -0.319. The number of carbonyl (C=O) groups excluding carboxylic acids is 2. The molecule has 1 aromatic rings. The van der Waals surface area contributed by atoms with Crippen LogP contribution in [-0.2, 0) is 9.53 Å². The van der Waals surface area contributed by atoms with Gasteiger partial charge in [-0.15, -0.1) is 11.3 Å². The smallest absolute Gasteiger partial charge is 0.264 e. The first-order valence-corrected chi connectivity index (χ1v) is 7.35. The minimum absolute atomic E-state index is 0.0471. The summed E-state index contributed by atoms with van der Waals surface area (Å²) in [6.07, 6.45) is -0.0861. The molecule has 0 radical (unpaired) electrons. The first kappa shape index (κ1) is 15.0. The quantitative estimate of drug-likeness (QED) is 0.830. The second-order valence-corrected chi connectivity index (χ2v) is 5.83. The molecule has 2 rings (SSSR count). The summed E-state index contributed by atoms with van der Waals surface area (Å²) in [6, 6.07) is 3.70. The van der Waals surface area contributed by atoms with E-state index in [1.54, 1.807) is 4.90 Å². The number of hydrogen-bond donors (Lipinski definition) is 1. The van der Waals surface area contributed by atoms with Gasteiger partial charge in [-0.05, 0) is 18.5 Å². The molecule has 0 bridgehead atoms. The maximum absolute atomic E-state index is 12.3. The van der Waals surface area contributed by atoms with Crippen molar-refractivity contribution in [3.63, 3.8) is 0 Å². The average molecular weight is 297 g/mol. The third kappa shape index (κ3) is 4.03. The Morgan fingerprint density at radius 2 is 2.40 bits per heavy atom. The first-order chi connectivity index (χ1) is 9.56. The van der Waals surface area contributed by atoms with Crippen LogP contribution in [0.25, 0.3) is 0 Å². The van der Waals surface area contributed by atoms with Crippen LogP contribution < -0.4 is 5.73 Å². The largest absolute Gasteiger partial charge is 0.373 e. The standard InChI is InChI=1S/C13H19N3O3S/c1-15(9-12(14)17)7-10-8-16(4-5-19-10)13(18)11-3-2-6-20-11/h2-3,6,10H,4-5,7-9H2,1H3,(H2,14,17)/t10-/m0/s1. The van der Waals surface area contributed by atoms with Gasteiger partial charge in [0.1, 0.15) is 0 Å². The van der Waals surface area contributed by atoms with Crippen molar-refractivity contribution in [3.8, 4) is 0 Å². The molecule has 6 nitrogen and oxygen atoms in total. The van der Waals surface area contributed by atoms with Crippen molar-refractivity contribution < 1.29 is 14.3 Å². The van der Waals surface area contributed by atoms with E-state index in [-0.39, 0.29) is 24.5 Å². The molecule has 1 saturated heterocycles. The molecule has 2 heterocycles. The summed E-state index contributed by atoms with van der Waals surface area (Å²) < 4.78 is 5.64. The van der Waals surface area contributed by atoms with Crippen LogP contribution in [0, 0.1) is 0 Å². The number of ether oxygens (including phenoxy) is 1. The Balaban J connectivity index is 1.88. The molecule has 0 unspecified atom stereocenters. The van der Waals surface area contributed by atoms with Gasteiger partial charge in [-0.2, -0.15) is 0 Å². The van der Waals surface area contributed by atoms with Crippen molar-refractivity contribution in [1.82, 2.24) is 9.80 Å². The SMILES string of the molecule is CN(CC(N)=O)C[C@H]1CN(C(=O)c2cccs2)CCO1. The lowest BCUT2D eigenvalue weighted by atomic mass is 10.2. The Labute approximate surface area is 122 Å². The third-order valence-electron chi connectivity index (χ3n) is 3.10. The molecule has 1 aliphatic heterocycles. The number of carbonyl (C=O) groups is 2. The molecule has 2 amide bonds. The molecule has 1 fully saturated rings. The lowest BCUT2D eigenvalue weighted by molar-refractivity contribution is -0.119. The van der Waals surface area contributed by atoms with Crippen molar-refractivity contribution >= 4 is 23.2 Å². The van der Waals surface area contributed by atoms with Crippen molar-refractivity contribution in [3.05, 3.63) is 22.4 Å².